The largest absolute Gasteiger partial charge is 0.452 e. The zero-order valence-electron chi connectivity index (χ0n) is 17.9. The number of alkyl halides is 1. The highest BCUT2D eigenvalue weighted by molar-refractivity contribution is 9.09. The highest BCUT2D eigenvalue weighted by atomic mass is 79.9. The Morgan fingerprint density at radius 1 is 0.618 bits per heavy atom. The van der Waals surface area contributed by atoms with Gasteiger partial charge in [-0.3, -0.25) is 0 Å². The van der Waals surface area contributed by atoms with Crippen LogP contribution in [0.4, 0.5) is 0 Å². The molecule has 4 rings (SSSR count). The van der Waals surface area contributed by atoms with Crippen LogP contribution in [0.2, 0.25) is 0 Å². The van der Waals surface area contributed by atoms with E-state index in [1.807, 2.05) is 0 Å². The van der Waals surface area contributed by atoms with Crippen LogP contribution < -0.4 is 0 Å². The lowest BCUT2D eigenvalue weighted by Crippen LogP contribution is -2.56. The van der Waals surface area contributed by atoms with E-state index in [1.165, 1.54) is 0 Å². The average molecular weight is 525 g/mol. The number of halogens is 1. The Morgan fingerprint density at radius 2 is 1.00 bits per heavy atom. The van der Waals surface area contributed by atoms with E-state index < -0.39 is 41.2 Å². The summed E-state index contributed by atoms with van der Waals surface area (Å²) in [5.41, 5.74) is 0.953. The molecule has 0 saturated carbocycles. The van der Waals surface area contributed by atoms with Crippen LogP contribution in [-0.4, -0.2) is 47.8 Å². The second kappa shape index (κ2) is 11.1. The standard InChI is InChI=1S/C26H21BrO7/c27-23-22(34-26(30)19-14-8-3-9-15-19)21(33-25(29)18-12-6-2-7-13-18)20(16-31-23)32-24(28)17-10-4-1-5-11-17/h1-15,20-23H,16H2/t20-,21-,22+,23+/m0/s1. The number of ether oxygens (including phenoxy) is 4. The minimum Gasteiger partial charge on any atom is -0.452 e. The predicted molar refractivity (Wildman–Crippen MR) is 126 cm³/mol. The molecule has 0 unspecified atom stereocenters. The second-order valence-corrected chi connectivity index (χ2v) is 8.37. The van der Waals surface area contributed by atoms with Gasteiger partial charge in [-0.2, -0.15) is 0 Å². The van der Waals surface area contributed by atoms with Gasteiger partial charge in [-0.1, -0.05) is 70.5 Å². The van der Waals surface area contributed by atoms with Gasteiger partial charge in [0.1, 0.15) is 0 Å². The molecular weight excluding hydrogens is 504 g/mol. The Balaban J connectivity index is 1.59. The Morgan fingerprint density at radius 3 is 1.44 bits per heavy atom. The molecule has 0 aromatic heterocycles. The normalized spacial score (nSPS) is 21.8. The number of rotatable bonds is 6. The van der Waals surface area contributed by atoms with Crippen LogP contribution in [0.1, 0.15) is 31.1 Å². The third-order valence-electron chi connectivity index (χ3n) is 5.14. The quantitative estimate of drug-likeness (QED) is 0.268. The Kier molecular flexibility index (Phi) is 7.72. The summed E-state index contributed by atoms with van der Waals surface area (Å²) < 4.78 is 22.7. The monoisotopic (exact) mass is 524 g/mol. The third kappa shape index (κ3) is 5.70. The molecule has 0 radical (unpaired) electrons. The first kappa shape index (κ1) is 23.7. The third-order valence-corrected chi connectivity index (χ3v) is 5.93. The zero-order chi connectivity index (χ0) is 23.9. The molecule has 3 aromatic carbocycles. The van der Waals surface area contributed by atoms with Gasteiger partial charge in [-0.05, 0) is 36.4 Å². The van der Waals surface area contributed by atoms with Gasteiger partial charge in [0.05, 0.1) is 23.3 Å². The molecule has 1 fully saturated rings. The maximum absolute atomic E-state index is 12.9. The van der Waals surface area contributed by atoms with Crippen molar-refractivity contribution in [2.75, 3.05) is 6.61 Å². The van der Waals surface area contributed by atoms with Crippen molar-refractivity contribution in [2.24, 2.45) is 0 Å². The van der Waals surface area contributed by atoms with Crippen molar-refractivity contribution >= 4 is 33.8 Å². The molecule has 34 heavy (non-hydrogen) atoms. The number of esters is 3. The van der Waals surface area contributed by atoms with Crippen molar-refractivity contribution in [2.45, 2.75) is 23.3 Å². The molecule has 1 heterocycles. The Bertz CT molecular complexity index is 1120. The summed E-state index contributed by atoms with van der Waals surface area (Å²) in [5, 5.41) is -0.791. The average Bonchev–Trinajstić information content (AvgIpc) is 2.89. The lowest BCUT2D eigenvalue weighted by molar-refractivity contribution is -0.165. The predicted octanol–water partition coefficient (Wildman–Crippen LogP) is 4.41. The van der Waals surface area contributed by atoms with Crippen LogP contribution in [0.5, 0.6) is 0 Å². The first-order valence-electron chi connectivity index (χ1n) is 10.6. The van der Waals surface area contributed by atoms with Crippen LogP contribution in [-0.2, 0) is 18.9 Å². The lowest BCUT2D eigenvalue weighted by atomic mass is 10.0. The zero-order valence-corrected chi connectivity index (χ0v) is 19.5. The van der Waals surface area contributed by atoms with Gasteiger partial charge in [-0.15, -0.1) is 0 Å². The Hall–Kier alpha value is -3.49. The maximum Gasteiger partial charge on any atom is 0.338 e. The van der Waals surface area contributed by atoms with E-state index in [1.54, 1.807) is 91.0 Å². The molecule has 0 spiro atoms. The number of hydrogen-bond donors (Lipinski definition) is 0. The van der Waals surface area contributed by atoms with Crippen LogP contribution in [0.25, 0.3) is 0 Å². The molecule has 174 valence electrons. The minimum atomic E-state index is -1.12. The molecule has 0 N–H and O–H groups in total. The van der Waals surface area contributed by atoms with Crippen molar-refractivity contribution in [3.05, 3.63) is 108 Å². The number of carbonyl (C=O) groups is 3. The van der Waals surface area contributed by atoms with E-state index in [9.17, 15) is 14.4 Å². The van der Waals surface area contributed by atoms with Crippen molar-refractivity contribution in [1.29, 1.82) is 0 Å². The number of carbonyl (C=O) groups excluding carboxylic acids is 3. The lowest BCUT2D eigenvalue weighted by Gasteiger charge is -2.38. The summed E-state index contributed by atoms with van der Waals surface area (Å²) in [4.78, 5) is 38.3. The van der Waals surface area contributed by atoms with E-state index in [4.69, 9.17) is 18.9 Å². The first-order valence-corrected chi connectivity index (χ1v) is 11.5. The van der Waals surface area contributed by atoms with Gasteiger partial charge < -0.3 is 18.9 Å². The van der Waals surface area contributed by atoms with E-state index in [2.05, 4.69) is 15.9 Å². The van der Waals surface area contributed by atoms with Gasteiger partial charge in [-0.25, -0.2) is 14.4 Å². The van der Waals surface area contributed by atoms with E-state index in [0.717, 1.165) is 0 Å². The van der Waals surface area contributed by atoms with Crippen molar-refractivity contribution in [1.82, 2.24) is 0 Å². The molecule has 0 bridgehead atoms. The van der Waals surface area contributed by atoms with Crippen LogP contribution >= 0.6 is 15.9 Å². The molecule has 1 saturated heterocycles. The van der Waals surface area contributed by atoms with Crippen LogP contribution in [0.3, 0.4) is 0 Å². The fraction of sp³-hybridized carbons (Fsp3) is 0.192. The van der Waals surface area contributed by atoms with Gasteiger partial charge >= 0.3 is 17.9 Å². The molecule has 4 atom stereocenters. The molecule has 3 aromatic rings. The molecule has 1 aliphatic rings. The summed E-state index contributed by atoms with van der Waals surface area (Å²) in [6.45, 7) is -0.0688. The first-order chi connectivity index (χ1) is 16.5. The molecule has 0 amide bonds. The maximum atomic E-state index is 12.9. The topological polar surface area (TPSA) is 88.1 Å². The molecule has 0 aliphatic carbocycles. The van der Waals surface area contributed by atoms with E-state index in [0.29, 0.717) is 16.7 Å². The summed E-state index contributed by atoms with van der Waals surface area (Å²) in [6, 6.07) is 25.2. The summed E-state index contributed by atoms with van der Waals surface area (Å²) in [7, 11) is 0. The van der Waals surface area contributed by atoms with E-state index in [-0.39, 0.29) is 6.61 Å². The molecule has 7 nitrogen and oxygen atoms in total. The van der Waals surface area contributed by atoms with Crippen LogP contribution in [0, 0.1) is 0 Å². The summed E-state index contributed by atoms with van der Waals surface area (Å²) in [5.74, 6) is -1.89. The highest BCUT2D eigenvalue weighted by Crippen LogP contribution is 2.29. The number of benzene rings is 3. The smallest absolute Gasteiger partial charge is 0.338 e. The summed E-state index contributed by atoms with van der Waals surface area (Å²) in [6.07, 6.45) is -3.21. The second-order valence-electron chi connectivity index (χ2n) is 7.47. The highest BCUT2D eigenvalue weighted by Gasteiger charge is 2.47. The molecule has 8 heteroatoms. The van der Waals surface area contributed by atoms with Crippen molar-refractivity contribution in [3.63, 3.8) is 0 Å². The SMILES string of the molecule is O=C(O[C@@H]1[C@@H](OC(=O)c2ccccc2)[C@@H](OC(=O)c2ccccc2)CO[C@H]1Br)c1ccccc1. The fourth-order valence-corrected chi connectivity index (χ4v) is 3.97. The molecular formula is C26H21BrO7. The van der Waals surface area contributed by atoms with Crippen molar-refractivity contribution in [3.8, 4) is 0 Å². The fourth-order valence-electron chi connectivity index (χ4n) is 3.41. The van der Waals surface area contributed by atoms with Crippen molar-refractivity contribution < 1.29 is 33.3 Å². The van der Waals surface area contributed by atoms with Gasteiger partial charge in [0.15, 0.2) is 23.3 Å². The van der Waals surface area contributed by atoms with Gasteiger partial charge in [0.2, 0.25) is 0 Å². The van der Waals surface area contributed by atoms with E-state index >= 15 is 0 Å². The van der Waals surface area contributed by atoms with Crippen LogP contribution in [0.15, 0.2) is 91.0 Å². The Labute approximate surface area is 204 Å². The van der Waals surface area contributed by atoms with Gasteiger partial charge in [0, 0.05) is 0 Å². The molecule has 1 aliphatic heterocycles. The summed E-state index contributed by atoms with van der Waals surface area (Å²) >= 11 is 3.35. The number of hydrogen-bond acceptors (Lipinski definition) is 7. The van der Waals surface area contributed by atoms with Gasteiger partial charge in [0.25, 0.3) is 0 Å². The minimum absolute atomic E-state index is 0.0688.